The van der Waals surface area contributed by atoms with E-state index in [9.17, 15) is 4.79 Å². The van der Waals surface area contributed by atoms with Gasteiger partial charge in [-0.3, -0.25) is 0 Å². The Hall–Kier alpha value is -1.40. The summed E-state index contributed by atoms with van der Waals surface area (Å²) in [6, 6.07) is 6.31. The molecule has 2 aromatic rings. The van der Waals surface area contributed by atoms with Crippen molar-refractivity contribution in [1.82, 2.24) is 10.2 Å². The van der Waals surface area contributed by atoms with Gasteiger partial charge in [0.2, 0.25) is 5.13 Å². The number of anilines is 2. The molecule has 0 saturated carbocycles. The lowest BCUT2D eigenvalue weighted by Crippen LogP contribution is -1.97. The van der Waals surface area contributed by atoms with E-state index in [1.54, 1.807) is 30.0 Å². The second kappa shape index (κ2) is 8.29. The molecule has 1 N–H and O–H groups in total. The Balaban J connectivity index is 1.96. The minimum absolute atomic E-state index is 0.242. The summed E-state index contributed by atoms with van der Waals surface area (Å²) in [7, 11) is 0. The normalized spacial score (nSPS) is 10.7. The van der Waals surface area contributed by atoms with Gasteiger partial charge < -0.3 is 10.1 Å². The van der Waals surface area contributed by atoms with Crippen LogP contribution in [0.15, 0.2) is 22.5 Å². The molecule has 0 saturated heterocycles. The van der Waals surface area contributed by atoms with Crippen LogP contribution in [0.1, 0.15) is 37.8 Å². The van der Waals surface area contributed by atoms with Gasteiger partial charge in [0.1, 0.15) is 5.78 Å². The Bertz CT molecular complexity index is 640. The van der Waals surface area contributed by atoms with E-state index < -0.39 is 0 Å². The third-order valence-corrected chi connectivity index (χ3v) is 5.34. The van der Waals surface area contributed by atoms with Crippen molar-refractivity contribution in [1.29, 1.82) is 0 Å². The van der Waals surface area contributed by atoms with Crippen molar-refractivity contribution in [2.75, 3.05) is 11.1 Å². The second-order valence-corrected chi connectivity index (χ2v) is 7.43. The van der Waals surface area contributed by atoms with Gasteiger partial charge in [0.25, 0.3) is 0 Å². The van der Waals surface area contributed by atoms with Crippen LogP contribution in [-0.2, 0) is 11.2 Å². The standard InChI is InChI=1S/C16H21N3OS2/c1-4-13-9-5-7-11(2)14(13)17-15-18-19-16(22-15)21-10-6-8-12(3)20/h5,7,9H,4,6,8,10H2,1-3H3,(H,17,18). The maximum Gasteiger partial charge on any atom is 0.210 e. The molecule has 118 valence electrons. The summed E-state index contributed by atoms with van der Waals surface area (Å²) in [4.78, 5) is 10.9. The first-order valence-electron chi connectivity index (χ1n) is 7.41. The minimum atomic E-state index is 0.242. The van der Waals surface area contributed by atoms with E-state index in [1.807, 2.05) is 0 Å². The van der Waals surface area contributed by atoms with E-state index in [4.69, 9.17) is 0 Å². The van der Waals surface area contributed by atoms with Gasteiger partial charge in [-0.1, -0.05) is 48.2 Å². The molecule has 0 atom stereocenters. The van der Waals surface area contributed by atoms with Crippen LogP contribution in [0.5, 0.6) is 0 Å². The number of carbonyl (C=O) groups excluding carboxylic acids is 1. The highest BCUT2D eigenvalue weighted by Gasteiger charge is 2.09. The van der Waals surface area contributed by atoms with Crippen molar-refractivity contribution < 1.29 is 4.79 Å². The predicted molar refractivity (Wildman–Crippen MR) is 94.4 cm³/mol. The lowest BCUT2D eigenvalue weighted by Gasteiger charge is -2.11. The lowest BCUT2D eigenvalue weighted by atomic mass is 10.1. The van der Waals surface area contributed by atoms with E-state index in [2.05, 4.69) is 47.6 Å². The molecule has 0 aliphatic heterocycles. The average Bonchev–Trinajstić information content (AvgIpc) is 2.93. The van der Waals surface area contributed by atoms with Crippen LogP contribution in [0.4, 0.5) is 10.8 Å². The minimum Gasteiger partial charge on any atom is -0.330 e. The summed E-state index contributed by atoms with van der Waals surface area (Å²) in [6.07, 6.45) is 2.51. The Morgan fingerprint density at radius 3 is 2.91 bits per heavy atom. The van der Waals surface area contributed by atoms with Gasteiger partial charge in [-0.05, 0) is 37.8 Å². The fraction of sp³-hybridized carbons (Fsp3) is 0.438. The van der Waals surface area contributed by atoms with Gasteiger partial charge >= 0.3 is 0 Å². The number of nitrogens with one attached hydrogen (secondary N) is 1. The molecule has 0 amide bonds. The number of para-hydroxylation sites is 1. The summed E-state index contributed by atoms with van der Waals surface area (Å²) >= 11 is 3.22. The Morgan fingerprint density at radius 2 is 2.18 bits per heavy atom. The number of nitrogens with zero attached hydrogens (tertiary/aromatic N) is 2. The lowest BCUT2D eigenvalue weighted by molar-refractivity contribution is -0.117. The molecule has 2 rings (SSSR count). The maximum atomic E-state index is 10.9. The quantitative estimate of drug-likeness (QED) is 0.564. The average molecular weight is 335 g/mol. The first-order chi connectivity index (χ1) is 10.6. The molecule has 0 fully saturated rings. The Labute approximate surface area is 139 Å². The summed E-state index contributed by atoms with van der Waals surface area (Å²) in [6.45, 7) is 5.88. The van der Waals surface area contributed by atoms with E-state index >= 15 is 0 Å². The van der Waals surface area contributed by atoms with Crippen molar-refractivity contribution >= 4 is 39.7 Å². The molecule has 0 aliphatic rings. The third kappa shape index (κ3) is 4.81. The number of hydrogen-bond acceptors (Lipinski definition) is 6. The fourth-order valence-corrected chi connectivity index (χ4v) is 3.87. The number of aryl methyl sites for hydroxylation is 2. The molecular formula is C16H21N3OS2. The predicted octanol–water partition coefficient (Wildman–Crippen LogP) is 4.61. The zero-order valence-corrected chi connectivity index (χ0v) is 14.8. The number of hydrogen-bond donors (Lipinski definition) is 1. The number of rotatable bonds is 8. The monoisotopic (exact) mass is 335 g/mol. The number of ketones is 1. The van der Waals surface area contributed by atoms with Crippen LogP contribution in [0.2, 0.25) is 0 Å². The van der Waals surface area contributed by atoms with Crippen molar-refractivity contribution in [2.24, 2.45) is 0 Å². The second-order valence-electron chi connectivity index (χ2n) is 5.11. The Kier molecular flexibility index (Phi) is 6.39. The number of aromatic nitrogens is 2. The first kappa shape index (κ1) is 17.0. The highest BCUT2D eigenvalue weighted by atomic mass is 32.2. The van der Waals surface area contributed by atoms with E-state index in [-0.39, 0.29) is 5.78 Å². The fourth-order valence-electron chi connectivity index (χ4n) is 2.11. The van der Waals surface area contributed by atoms with Crippen LogP contribution in [0, 0.1) is 6.92 Å². The molecule has 0 aliphatic carbocycles. The van der Waals surface area contributed by atoms with Gasteiger partial charge in [0, 0.05) is 17.9 Å². The smallest absolute Gasteiger partial charge is 0.210 e. The summed E-state index contributed by atoms with van der Waals surface area (Å²) < 4.78 is 0.942. The summed E-state index contributed by atoms with van der Waals surface area (Å²) in [5.41, 5.74) is 3.63. The first-order valence-corrected chi connectivity index (χ1v) is 9.21. The van der Waals surface area contributed by atoms with Crippen LogP contribution in [-0.4, -0.2) is 21.7 Å². The molecule has 1 aromatic heterocycles. The zero-order valence-electron chi connectivity index (χ0n) is 13.2. The molecule has 0 radical (unpaired) electrons. The van der Waals surface area contributed by atoms with Gasteiger partial charge in [-0.25, -0.2) is 0 Å². The molecule has 1 aromatic carbocycles. The maximum absolute atomic E-state index is 10.9. The Morgan fingerprint density at radius 1 is 1.36 bits per heavy atom. The molecule has 4 nitrogen and oxygen atoms in total. The molecular weight excluding hydrogens is 314 g/mol. The van der Waals surface area contributed by atoms with Crippen molar-refractivity contribution in [3.63, 3.8) is 0 Å². The van der Waals surface area contributed by atoms with Crippen LogP contribution in [0.3, 0.4) is 0 Å². The van der Waals surface area contributed by atoms with E-state index in [1.165, 1.54) is 11.1 Å². The largest absolute Gasteiger partial charge is 0.330 e. The number of benzene rings is 1. The number of thioether (sulfide) groups is 1. The molecule has 0 unspecified atom stereocenters. The van der Waals surface area contributed by atoms with Crippen LogP contribution < -0.4 is 5.32 Å². The van der Waals surface area contributed by atoms with Crippen molar-refractivity contribution in [2.45, 2.75) is 44.4 Å². The van der Waals surface area contributed by atoms with Gasteiger partial charge in [-0.15, -0.1) is 10.2 Å². The SMILES string of the molecule is CCc1cccc(C)c1Nc1nnc(SCCCC(C)=O)s1. The summed E-state index contributed by atoms with van der Waals surface area (Å²) in [5.74, 6) is 1.14. The summed E-state index contributed by atoms with van der Waals surface area (Å²) in [5, 5.41) is 12.6. The van der Waals surface area contributed by atoms with Crippen molar-refractivity contribution in [3.8, 4) is 0 Å². The molecule has 1 heterocycles. The molecule has 0 bridgehead atoms. The van der Waals surface area contributed by atoms with E-state index in [0.717, 1.165) is 33.8 Å². The van der Waals surface area contributed by atoms with Gasteiger partial charge in [-0.2, -0.15) is 0 Å². The molecule has 6 heteroatoms. The molecule has 0 spiro atoms. The van der Waals surface area contributed by atoms with Crippen molar-refractivity contribution in [3.05, 3.63) is 29.3 Å². The topological polar surface area (TPSA) is 54.9 Å². The number of Topliss-reactive ketones (excluding diaryl/α,β-unsaturated/α-hetero) is 1. The van der Waals surface area contributed by atoms with Crippen LogP contribution >= 0.6 is 23.1 Å². The zero-order chi connectivity index (χ0) is 15.9. The van der Waals surface area contributed by atoms with Crippen LogP contribution in [0.25, 0.3) is 0 Å². The van der Waals surface area contributed by atoms with E-state index in [0.29, 0.717) is 6.42 Å². The molecule has 22 heavy (non-hydrogen) atoms. The van der Waals surface area contributed by atoms with Gasteiger partial charge in [0.15, 0.2) is 4.34 Å². The van der Waals surface area contributed by atoms with Gasteiger partial charge in [0.05, 0.1) is 0 Å². The third-order valence-electron chi connectivity index (χ3n) is 3.28. The highest BCUT2D eigenvalue weighted by molar-refractivity contribution is 8.01. The highest BCUT2D eigenvalue weighted by Crippen LogP contribution is 2.30. The number of carbonyl (C=O) groups is 1.